The molecule has 0 aromatic heterocycles. The number of aliphatic hydroxyl groups excluding tert-OH is 1. The second kappa shape index (κ2) is 7.50. The number of allylic oxidation sites excluding steroid dienone is 1. The van der Waals surface area contributed by atoms with Gasteiger partial charge in [-0.25, -0.2) is 9.80 Å². The van der Waals surface area contributed by atoms with Gasteiger partial charge in [0.05, 0.1) is 12.8 Å². The molecular formula is C22H22N2O3. The molecule has 0 spiro atoms. The lowest BCUT2D eigenvalue weighted by atomic mass is 9.86. The highest BCUT2D eigenvalue weighted by Gasteiger charge is 2.36. The molecule has 1 aliphatic rings. The predicted molar refractivity (Wildman–Crippen MR) is 108 cm³/mol. The van der Waals surface area contributed by atoms with Crippen molar-refractivity contribution >= 4 is 23.6 Å². The minimum absolute atomic E-state index is 0.00418. The Hall–Kier alpha value is -3.34. The van der Waals surface area contributed by atoms with E-state index in [4.69, 9.17) is 4.74 Å². The summed E-state index contributed by atoms with van der Waals surface area (Å²) in [4.78, 5) is 12.4. The van der Waals surface area contributed by atoms with Crippen molar-refractivity contribution in [3.05, 3.63) is 70.9 Å². The number of hydrogen-bond donors (Lipinski definition) is 1. The summed E-state index contributed by atoms with van der Waals surface area (Å²) >= 11 is 0. The average Bonchev–Trinajstić information content (AvgIpc) is 2.69. The van der Waals surface area contributed by atoms with Crippen molar-refractivity contribution in [1.82, 2.24) is 5.01 Å². The smallest absolute Gasteiger partial charge is 0.360 e. The van der Waals surface area contributed by atoms with Gasteiger partial charge in [-0.3, -0.25) is 0 Å². The molecule has 0 saturated heterocycles. The Labute approximate surface area is 158 Å². The number of methoxy groups -OCH3 is 1. The summed E-state index contributed by atoms with van der Waals surface area (Å²) in [6.07, 6.45) is 3.45. The maximum atomic E-state index is 12.4. The van der Waals surface area contributed by atoms with E-state index in [-0.39, 0.29) is 11.5 Å². The highest BCUT2D eigenvalue weighted by molar-refractivity contribution is 6.03. The first-order chi connectivity index (χ1) is 13.0. The number of carbonyl (C=O) groups is 1. The van der Waals surface area contributed by atoms with Crippen LogP contribution in [0, 0.1) is 6.92 Å². The number of fused-ring (bicyclic) bond motifs is 1. The minimum Gasteiger partial charge on any atom is -0.505 e. The topological polar surface area (TPSA) is 62.1 Å². The highest BCUT2D eigenvalue weighted by Crippen LogP contribution is 2.44. The molecule has 0 unspecified atom stereocenters. The van der Waals surface area contributed by atoms with E-state index in [0.29, 0.717) is 11.3 Å². The van der Waals surface area contributed by atoms with Crippen LogP contribution in [0.5, 0.6) is 0 Å². The maximum Gasteiger partial charge on any atom is 0.360 e. The van der Waals surface area contributed by atoms with Crippen molar-refractivity contribution in [2.75, 3.05) is 7.11 Å². The lowest BCUT2D eigenvalue weighted by molar-refractivity contribution is -0.137. The van der Waals surface area contributed by atoms with Crippen molar-refractivity contribution < 1.29 is 14.6 Å². The van der Waals surface area contributed by atoms with E-state index >= 15 is 0 Å². The number of benzene rings is 2. The quantitative estimate of drug-likeness (QED) is 0.632. The van der Waals surface area contributed by atoms with Gasteiger partial charge in [0.25, 0.3) is 0 Å². The van der Waals surface area contributed by atoms with Crippen molar-refractivity contribution in [1.29, 1.82) is 0 Å². The van der Waals surface area contributed by atoms with E-state index < -0.39 is 5.97 Å². The fraction of sp³-hybridized carbons (Fsp3) is 0.182. The zero-order chi connectivity index (χ0) is 19.6. The van der Waals surface area contributed by atoms with Crippen LogP contribution < -0.4 is 0 Å². The largest absolute Gasteiger partial charge is 0.505 e. The molecule has 0 radical (unpaired) electrons. The maximum absolute atomic E-state index is 12.4. The Morgan fingerprint density at radius 3 is 2.41 bits per heavy atom. The number of hydrazone groups is 1. The van der Waals surface area contributed by atoms with Gasteiger partial charge in [0.1, 0.15) is 0 Å². The molecule has 0 atom stereocenters. The van der Waals surface area contributed by atoms with Crippen LogP contribution in [0.25, 0.3) is 22.6 Å². The average molecular weight is 362 g/mol. The first-order valence-corrected chi connectivity index (χ1v) is 8.71. The number of rotatable bonds is 3. The van der Waals surface area contributed by atoms with Crippen molar-refractivity contribution in [2.45, 2.75) is 20.8 Å². The molecule has 3 rings (SSSR count). The fourth-order valence-corrected chi connectivity index (χ4v) is 3.36. The molecule has 2 aromatic rings. The predicted octanol–water partition coefficient (Wildman–Crippen LogP) is 4.74. The monoisotopic (exact) mass is 362 g/mol. The molecule has 5 nitrogen and oxygen atoms in total. The van der Waals surface area contributed by atoms with E-state index in [1.54, 1.807) is 13.1 Å². The van der Waals surface area contributed by atoms with Crippen LogP contribution in [0.15, 0.2) is 59.3 Å². The SMILES string of the molecule is C/C=N\N1C(C(=O)OC)=C(O)c2c(C)ccc(-c3ccccc3)c2/C1=C\C. The summed E-state index contributed by atoms with van der Waals surface area (Å²) < 4.78 is 4.90. The number of hydrogen-bond acceptors (Lipinski definition) is 5. The van der Waals surface area contributed by atoms with Gasteiger partial charge in [-0.05, 0) is 37.5 Å². The molecule has 1 N–H and O–H groups in total. The Balaban J connectivity index is 2.43. The van der Waals surface area contributed by atoms with Gasteiger partial charge in [-0.2, -0.15) is 5.10 Å². The Morgan fingerprint density at radius 1 is 1.11 bits per heavy atom. The van der Waals surface area contributed by atoms with Crippen LogP contribution >= 0.6 is 0 Å². The molecule has 0 amide bonds. The van der Waals surface area contributed by atoms with Crippen molar-refractivity contribution in [3.8, 4) is 11.1 Å². The third kappa shape index (κ3) is 3.01. The molecule has 138 valence electrons. The second-order valence-electron chi connectivity index (χ2n) is 6.09. The number of aliphatic hydroxyl groups is 1. The summed E-state index contributed by atoms with van der Waals surface area (Å²) in [5, 5.41) is 16.8. The van der Waals surface area contributed by atoms with Gasteiger partial charge in [0, 0.05) is 17.3 Å². The van der Waals surface area contributed by atoms with Crippen LogP contribution in [0.2, 0.25) is 0 Å². The Kier molecular flexibility index (Phi) is 5.12. The van der Waals surface area contributed by atoms with Crippen LogP contribution in [0.3, 0.4) is 0 Å². The first kappa shape index (κ1) is 18.5. The number of ether oxygens (including phenoxy) is 1. The van der Waals surface area contributed by atoms with Crippen molar-refractivity contribution in [2.24, 2.45) is 5.10 Å². The third-order valence-electron chi connectivity index (χ3n) is 4.54. The van der Waals surface area contributed by atoms with Crippen LogP contribution in [-0.4, -0.2) is 29.4 Å². The summed E-state index contributed by atoms with van der Waals surface area (Å²) in [5.41, 5.74) is 5.00. The fourth-order valence-electron chi connectivity index (χ4n) is 3.36. The van der Waals surface area contributed by atoms with E-state index in [0.717, 1.165) is 22.3 Å². The van der Waals surface area contributed by atoms with Gasteiger partial charge < -0.3 is 9.84 Å². The highest BCUT2D eigenvalue weighted by atomic mass is 16.5. The van der Waals surface area contributed by atoms with Crippen LogP contribution in [-0.2, 0) is 9.53 Å². The zero-order valence-corrected chi connectivity index (χ0v) is 15.9. The Morgan fingerprint density at radius 2 is 1.81 bits per heavy atom. The van der Waals surface area contributed by atoms with Gasteiger partial charge in [0.2, 0.25) is 0 Å². The number of aryl methyl sites for hydroxylation is 1. The minimum atomic E-state index is -0.646. The Bertz CT molecular complexity index is 973. The molecule has 27 heavy (non-hydrogen) atoms. The summed E-state index contributed by atoms with van der Waals surface area (Å²) in [7, 11) is 1.29. The summed E-state index contributed by atoms with van der Waals surface area (Å²) in [5.74, 6) is -0.782. The van der Waals surface area contributed by atoms with Gasteiger partial charge in [0.15, 0.2) is 11.5 Å². The molecule has 0 saturated carbocycles. The van der Waals surface area contributed by atoms with Crippen LogP contribution in [0.4, 0.5) is 0 Å². The van der Waals surface area contributed by atoms with Gasteiger partial charge in [-0.15, -0.1) is 0 Å². The van der Waals surface area contributed by atoms with E-state index in [9.17, 15) is 9.90 Å². The molecule has 5 heteroatoms. The molecule has 0 fully saturated rings. The molecule has 2 aromatic carbocycles. The lowest BCUT2D eigenvalue weighted by Crippen LogP contribution is -2.29. The van der Waals surface area contributed by atoms with Crippen LogP contribution in [0.1, 0.15) is 30.5 Å². The first-order valence-electron chi connectivity index (χ1n) is 8.71. The third-order valence-corrected chi connectivity index (χ3v) is 4.54. The number of esters is 1. The molecule has 0 aliphatic carbocycles. The molecule has 0 bridgehead atoms. The van der Waals surface area contributed by atoms with Gasteiger partial charge >= 0.3 is 5.97 Å². The number of nitrogens with zero attached hydrogens (tertiary/aromatic N) is 2. The van der Waals surface area contributed by atoms with E-state index in [1.165, 1.54) is 12.1 Å². The summed E-state index contributed by atoms with van der Waals surface area (Å²) in [6, 6.07) is 13.9. The zero-order valence-electron chi connectivity index (χ0n) is 15.9. The molecule has 1 heterocycles. The molecule has 1 aliphatic heterocycles. The van der Waals surface area contributed by atoms with E-state index in [1.807, 2.05) is 62.4 Å². The second-order valence-corrected chi connectivity index (χ2v) is 6.09. The van der Waals surface area contributed by atoms with E-state index in [2.05, 4.69) is 5.10 Å². The number of carbonyl (C=O) groups excluding carboxylic acids is 1. The lowest BCUT2D eigenvalue weighted by Gasteiger charge is -2.32. The standard InChI is InChI=1S/C22H22N2O3/c1-5-17-19-16(15-10-8-7-9-11-15)13-12-14(3)18(19)21(25)20(22(26)27-4)24(17)23-6-2/h5-13,25H,1-4H3/b17-5+,23-6-. The van der Waals surface area contributed by atoms with Crippen molar-refractivity contribution in [3.63, 3.8) is 0 Å². The van der Waals surface area contributed by atoms with Gasteiger partial charge in [-0.1, -0.05) is 48.5 Å². The molecular weight excluding hydrogens is 340 g/mol. The normalized spacial score (nSPS) is 15.4. The summed E-state index contributed by atoms with van der Waals surface area (Å²) in [6.45, 7) is 5.54.